The molecule has 2 fully saturated rings. The van der Waals surface area contributed by atoms with Gasteiger partial charge in [-0.2, -0.15) is 0 Å². The van der Waals surface area contributed by atoms with Crippen LogP contribution in [0.3, 0.4) is 0 Å². The second-order valence-electron chi connectivity index (χ2n) is 10.3. The van der Waals surface area contributed by atoms with Gasteiger partial charge in [-0.15, -0.1) is 0 Å². The number of carbonyl (C=O) groups is 2. The maximum absolute atomic E-state index is 14.4. The van der Waals surface area contributed by atoms with Crippen LogP contribution in [-0.4, -0.2) is 71.3 Å². The molecule has 5 rings (SSSR count). The molecule has 10 heteroatoms. The minimum atomic E-state index is -0.586. The highest BCUT2D eigenvalue weighted by Crippen LogP contribution is 2.46. The molecule has 42 heavy (non-hydrogen) atoms. The molecule has 2 saturated heterocycles. The zero-order valence-electron chi connectivity index (χ0n) is 24.3. The van der Waals surface area contributed by atoms with E-state index in [0.29, 0.717) is 67.0 Å². The summed E-state index contributed by atoms with van der Waals surface area (Å²) in [6.07, 6.45) is 0.609. The fraction of sp³-hybridized carbons (Fsp3) is 0.375. The van der Waals surface area contributed by atoms with Crippen LogP contribution in [0, 0.1) is 11.7 Å². The van der Waals surface area contributed by atoms with Crippen molar-refractivity contribution >= 4 is 23.2 Å². The van der Waals surface area contributed by atoms with Gasteiger partial charge in [0.25, 0.3) is 0 Å². The highest BCUT2D eigenvalue weighted by atomic mass is 19.1. The molecule has 3 aromatic carbocycles. The van der Waals surface area contributed by atoms with Crippen LogP contribution in [0.1, 0.15) is 24.4 Å². The molecule has 0 aromatic heterocycles. The largest absolute Gasteiger partial charge is 0.497 e. The number of piperazine rings is 1. The molecule has 2 amide bonds. The number of rotatable bonds is 8. The number of benzene rings is 3. The highest BCUT2D eigenvalue weighted by Gasteiger charge is 2.44. The summed E-state index contributed by atoms with van der Waals surface area (Å²) in [6, 6.07) is 17.0. The van der Waals surface area contributed by atoms with Gasteiger partial charge in [0.1, 0.15) is 11.6 Å². The number of ether oxygens (including phenoxy) is 4. The molecule has 2 aliphatic heterocycles. The van der Waals surface area contributed by atoms with E-state index in [1.54, 1.807) is 36.3 Å². The van der Waals surface area contributed by atoms with E-state index in [1.165, 1.54) is 27.4 Å². The van der Waals surface area contributed by atoms with Crippen molar-refractivity contribution in [3.05, 3.63) is 72.0 Å². The van der Waals surface area contributed by atoms with E-state index < -0.39 is 12.0 Å². The zero-order valence-corrected chi connectivity index (χ0v) is 24.3. The minimum Gasteiger partial charge on any atom is -0.497 e. The zero-order chi connectivity index (χ0) is 29.8. The molecular formula is C32H36FN3O6. The SMILES string of the molecule is COc1ccc([C@@H]2[C@@H](C(=O)N3CCN(c4ccccc4F)CC3)CCC(=O)N2c2cc(OC)c(OC)c(OC)c2)cc1. The second-order valence-corrected chi connectivity index (χ2v) is 10.3. The molecule has 0 bridgehead atoms. The van der Waals surface area contributed by atoms with Gasteiger partial charge in [-0.05, 0) is 36.2 Å². The quantitative estimate of drug-likeness (QED) is 0.384. The molecule has 2 atom stereocenters. The first-order valence-corrected chi connectivity index (χ1v) is 13.9. The molecule has 0 N–H and O–H groups in total. The Morgan fingerprint density at radius 3 is 2.05 bits per heavy atom. The number of hydrogen-bond acceptors (Lipinski definition) is 7. The summed E-state index contributed by atoms with van der Waals surface area (Å²) in [5.74, 6) is 0.977. The van der Waals surface area contributed by atoms with E-state index in [2.05, 4.69) is 0 Å². The molecule has 2 aliphatic rings. The Morgan fingerprint density at radius 2 is 1.48 bits per heavy atom. The smallest absolute Gasteiger partial charge is 0.228 e. The lowest BCUT2D eigenvalue weighted by atomic mass is 9.82. The number of amides is 2. The molecule has 222 valence electrons. The Labute approximate surface area is 245 Å². The number of halogens is 1. The van der Waals surface area contributed by atoms with E-state index in [1.807, 2.05) is 40.1 Å². The van der Waals surface area contributed by atoms with Crippen LogP contribution in [0.4, 0.5) is 15.8 Å². The highest BCUT2D eigenvalue weighted by molar-refractivity contribution is 5.98. The predicted molar refractivity (Wildman–Crippen MR) is 157 cm³/mol. The van der Waals surface area contributed by atoms with E-state index in [-0.39, 0.29) is 24.1 Å². The predicted octanol–water partition coefficient (Wildman–Crippen LogP) is 4.69. The normalized spacial score (nSPS) is 19.0. The van der Waals surface area contributed by atoms with E-state index in [0.717, 1.165) is 5.56 Å². The molecular weight excluding hydrogens is 541 g/mol. The summed E-state index contributed by atoms with van der Waals surface area (Å²) in [5, 5.41) is 0. The van der Waals surface area contributed by atoms with Crippen LogP contribution in [0.5, 0.6) is 23.0 Å². The fourth-order valence-corrected chi connectivity index (χ4v) is 5.95. The number of methoxy groups -OCH3 is 4. The fourth-order valence-electron chi connectivity index (χ4n) is 5.95. The Morgan fingerprint density at radius 1 is 0.833 bits per heavy atom. The van der Waals surface area contributed by atoms with Crippen LogP contribution in [0.25, 0.3) is 0 Å². The lowest BCUT2D eigenvalue weighted by molar-refractivity contribution is -0.138. The Hall–Kier alpha value is -4.47. The van der Waals surface area contributed by atoms with Crippen molar-refractivity contribution in [2.24, 2.45) is 5.92 Å². The first-order valence-electron chi connectivity index (χ1n) is 13.9. The summed E-state index contributed by atoms with van der Waals surface area (Å²) in [6.45, 7) is 1.94. The number of nitrogens with zero attached hydrogens (tertiary/aromatic N) is 3. The van der Waals surface area contributed by atoms with Crippen molar-refractivity contribution in [1.29, 1.82) is 0 Å². The first-order chi connectivity index (χ1) is 20.4. The van der Waals surface area contributed by atoms with Crippen LogP contribution >= 0.6 is 0 Å². The van der Waals surface area contributed by atoms with Gasteiger partial charge < -0.3 is 33.6 Å². The van der Waals surface area contributed by atoms with Crippen molar-refractivity contribution in [2.45, 2.75) is 18.9 Å². The average Bonchev–Trinajstić information content (AvgIpc) is 3.04. The molecule has 0 unspecified atom stereocenters. The number of para-hydroxylation sites is 1. The van der Waals surface area contributed by atoms with Gasteiger partial charge >= 0.3 is 0 Å². The standard InChI is InChI=1S/C32H36FN3O6/c1-39-23-11-9-21(10-12-23)30-24(32(38)35-17-15-34(16-18-35)26-8-6-5-7-25(26)33)13-14-29(37)36(30)22-19-27(40-2)31(42-4)28(20-22)41-3/h5-12,19-20,24,30H,13-18H2,1-4H3/t24-,30+/m0/s1. The van der Waals surface area contributed by atoms with Crippen molar-refractivity contribution in [3.63, 3.8) is 0 Å². The topological polar surface area (TPSA) is 80.8 Å². The Kier molecular flexibility index (Phi) is 8.70. The van der Waals surface area contributed by atoms with Gasteiger partial charge in [0.05, 0.1) is 51.8 Å². The van der Waals surface area contributed by atoms with Crippen molar-refractivity contribution in [2.75, 3.05) is 64.4 Å². The Balaban J connectivity index is 1.49. The van der Waals surface area contributed by atoms with Crippen molar-refractivity contribution in [3.8, 4) is 23.0 Å². The summed E-state index contributed by atoms with van der Waals surface area (Å²) in [7, 11) is 6.15. The van der Waals surface area contributed by atoms with E-state index in [4.69, 9.17) is 18.9 Å². The lowest BCUT2D eigenvalue weighted by Crippen LogP contribution is -2.54. The van der Waals surface area contributed by atoms with E-state index in [9.17, 15) is 14.0 Å². The second kappa shape index (κ2) is 12.6. The van der Waals surface area contributed by atoms with Gasteiger partial charge in [-0.1, -0.05) is 24.3 Å². The molecule has 3 aromatic rings. The van der Waals surface area contributed by atoms with Crippen LogP contribution in [-0.2, 0) is 9.59 Å². The summed E-state index contributed by atoms with van der Waals surface area (Å²) < 4.78 is 36.4. The van der Waals surface area contributed by atoms with Gasteiger partial charge in [0.15, 0.2) is 11.5 Å². The van der Waals surface area contributed by atoms with Crippen LogP contribution < -0.4 is 28.7 Å². The van der Waals surface area contributed by atoms with Gasteiger partial charge in [0.2, 0.25) is 17.6 Å². The summed E-state index contributed by atoms with van der Waals surface area (Å²) >= 11 is 0. The van der Waals surface area contributed by atoms with Gasteiger partial charge in [-0.25, -0.2) is 4.39 Å². The van der Waals surface area contributed by atoms with Crippen LogP contribution in [0.15, 0.2) is 60.7 Å². The van der Waals surface area contributed by atoms with Gasteiger partial charge in [0, 0.05) is 44.7 Å². The Bertz CT molecular complexity index is 1400. The first kappa shape index (κ1) is 29.0. The van der Waals surface area contributed by atoms with Crippen molar-refractivity contribution in [1.82, 2.24) is 4.90 Å². The van der Waals surface area contributed by atoms with Crippen molar-refractivity contribution < 1.29 is 32.9 Å². The van der Waals surface area contributed by atoms with Gasteiger partial charge in [-0.3, -0.25) is 9.59 Å². The van der Waals surface area contributed by atoms with Crippen LogP contribution in [0.2, 0.25) is 0 Å². The lowest BCUT2D eigenvalue weighted by Gasteiger charge is -2.44. The number of hydrogen-bond donors (Lipinski definition) is 0. The summed E-state index contributed by atoms with van der Waals surface area (Å²) in [4.78, 5) is 33.3. The molecule has 0 saturated carbocycles. The number of carbonyl (C=O) groups excluding carboxylic acids is 2. The monoisotopic (exact) mass is 577 g/mol. The third-order valence-corrected chi connectivity index (χ3v) is 8.08. The molecule has 0 aliphatic carbocycles. The third kappa shape index (κ3) is 5.53. The maximum atomic E-state index is 14.4. The number of anilines is 2. The molecule has 0 radical (unpaired) electrons. The maximum Gasteiger partial charge on any atom is 0.228 e. The number of piperidine rings is 1. The summed E-state index contributed by atoms with van der Waals surface area (Å²) in [5.41, 5.74) is 1.88. The third-order valence-electron chi connectivity index (χ3n) is 8.08. The molecule has 0 spiro atoms. The van der Waals surface area contributed by atoms with E-state index >= 15 is 0 Å². The molecule has 2 heterocycles. The molecule has 9 nitrogen and oxygen atoms in total. The minimum absolute atomic E-state index is 0.0334. The average molecular weight is 578 g/mol.